The summed E-state index contributed by atoms with van der Waals surface area (Å²) in [4.78, 5) is 6.83. The molecule has 0 spiro atoms. The Balaban J connectivity index is 1.64. The number of hydrogen-bond acceptors (Lipinski definition) is 5. The molecular formula is C17H22N2O3. The van der Waals surface area contributed by atoms with Crippen molar-refractivity contribution in [3.8, 4) is 0 Å². The minimum atomic E-state index is -0.243. The van der Waals surface area contributed by atoms with Gasteiger partial charge >= 0.3 is 0 Å². The Morgan fingerprint density at radius 2 is 2.05 bits per heavy atom. The maximum Gasteiger partial charge on any atom is 0.298 e. The topological polar surface area (TPSA) is 58.7 Å². The second-order valence-electron chi connectivity index (χ2n) is 6.32. The summed E-state index contributed by atoms with van der Waals surface area (Å²) in [6, 6.07) is 8.64. The lowest BCUT2D eigenvalue weighted by Gasteiger charge is -2.42. The van der Waals surface area contributed by atoms with E-state index >= 15 is 0 Å². The van der Waals surface area contributed by atoms with Gasteiger partial charge in [0, 0.05) is 12.5 Å². The molecule has 1 saturated heterocycles. The summed E-state index contributed by atoms with van der Waals surface area (Å²) in [6.07, 6.45) is 4.00. The number of benzene rings is 1. The zero-order chi connectivity index (χ0) is 14.9. The van der Waals surface area contributed by atoms with Gasteiger partial charge in [-0.2, -0.15) is 4.98 Å². The summed E-state index contributed by atoms with van der Waals surface area (Å²) in [5, 5.41) is 10.4. The number of fused-ring (bicyclic) bond motifs is 1. The number of rotatable bonds is 2. The maximum absolute atomic E-state index is 10.4. The van der Waals surface area contributed by atoms with Crippen LogP contribution >= 0.6 is 0 Å². The SMILES string of the molecule is O[C@@H]1CCCC[C@H]1[C@H]1COCCN1c1nc2ccccc2o1. The van der Waals surface area contributed by atoms with Crippen molar-refractivity contribution in [2.75, 3.05) is 24.7 Å². The van der Waals surface area contributed by atoms with Crippen molar-refractivity contribution in [3.63, 3.8) is 0 Å². The van der Waals surface area contributed by atoms with Gasteiger partial charge in [0.15, 0.2) is 5.58 Å². The number of nitrogens with zero attached hydrogens (tertiary/aromatic N) is 2. The smallest absolute Gasteiger partial charge is 0.298 e. The molecule has 1 aromatic heterocycles. The van der Waals surface area contributed by atoms with Crippen molar-refractivity contribution < 1.29 is 14.3 Å². The van der Waals surface area contributed by atoms with Crippen LogP contribution in [0.5, 0.6) is 0 Å². The average molecular weight is 302 g/mol. The van der Waals surface area contributed by atoms with Crippen LogP contribution in [0.1, 0.15) is 25.7 Å². The molecule has 1 saturated carbocycles. The van der Waals surface area contributed by atoms with Crippen molar-refractivity contribution in [2.24, 2.45) is 5.92 Å². The van der Waals surface area contributed by atoms with Crippen LogP contribution in [0.15, 0.2) is 28.7 Å². The second-order valence-corrected chi connectivity index (χ2v) is 6.32. The molecule has 3 atom stereocenters. The zero-order valence-corrected chi connectivity index (χ0v) is 12.6. The van der Waals surface area contributed by atoms with Gasteiger partial charge in [-0.1, -0.05) is 25.0 Å². The largest absolute Gasteiger partial charge is 0.423 e. The van der Waals surface area contributed by atoms with Crippen LogP contribution in [0.3, 0.4) is 0 Å². The van der Waals surface area contributed by atoms with Crippen LogP contribution in [0, 0.1) is 5.92 Å². The molecule has 1 aromatic carbocycles. The van der Waals surface area contributed by atoms with Crippen LogP contribution in [0.2, 0.25) is 0 Å². The summed E-state index contributed by atoms with van der Waals surface area (Å²) in [6.45, 7) is 2.08. The molecule has 2 fully saturated rings. The first-order valence-corrected chi connectivity index (χ1v) is 8.21. The highest BCUT2D eigenvalue weighted by molar-refractivity contribution is 5.74. The van der Waals surface area contributed by atoms with Crippen LogP contribution in [-0.4, -0.2) is 42.0 Å². The molecule has 5 nitrogen and oxygen atoms in total. The van der Waals surface area contributed by atoms with Gasteiger partial charge in [0.25, 0.3) is 6.01 Å². The molecule has 1 N–H and O–H groups in total. The summed E-state index contributed by atoms with van der Waals surface area (Å²) in [7, 11) is 0. The molecule has 2 heterocycles. The summed E-state index contributed by atoms with van der Waals surface area (Å²) < 4.78 is 11.6. The molecule has 0 bridgehead atoms. The lowest BCUT2D eigenvalue weighted by molar-refractivity contribution is 0.00709. The van der Waals surface area contributed by atoms with E-state index in [1.54, 1.807) is 0 Å². The highest BCUT2D eigenvalue weighted by atomic mass is 16.5. The summed E-state index contributed by atoms with van der Waals surface area (Å²) in [5.74, 6) is 0.240. The third kappa shape index (κ3) is 2.48. The standard InChI is InChI=1S/C17H22N2O3/c20-15-7-3-1-5-12(15)14-11-21-10-9-19(14)17-18-13-6-2-4-8-16(13)22-17/h2,4,6,8,12,14-15,20H,1,3,5,7,9-11H2/t12-,14+,15+/m0/s1. The Bertz CT molecular complexity index is 609. The average Bonchev–Trinajstić information content (AvgIpc) is 2.99. The first kappa shape index (κ1) is 14.0. The Labute approximate surface area is 129 Å². The van der Waals surface area contributed by atoms with Gasteiger partial charge in [-0.25, -0.2) is 0 Å². The number of ether oxygens (including phenoxy) is 1. The van der Waals surface area contributed by atoms with E-state index in [0.717, 1.165) is 36.9 Å². The molecule has 1 aliphatic heterocycles. The number of hydrogen-bond donors (Lipinski definition) is 1. The molecule has 4 rings (SSSR count). The van der Waals surface area contributed by atoms with Crippen molar-refractivity contribution >= 4 is 17.1 Å². The van der Waals surface area contributed by atoms with Crippen molar-refractivity contribution in [1.82, 2.24) is 4.98 Å². The normalized spacial score (nSPS) is 29.9. The number of aliphatic hydroxyl groups is 1. The quantitative estimate of drug-likeness (QED) is 0.924. The van der Waals surface area contributed by atoms with E-state index < -0.39 is 0 Å². The number of anilines is 1. The van der Waals surface area contributed by atoms with E-state index in [4.69, 9.17) is 9.15 Å². The molecule has 22 heavy (non-hydrogen) atoms. The molecule has 2 aliphatic rings. The highest BCUT2D eigenvalue weighted by Crippen LogP contribution is 2.34. The molecule has 0 unspecified atom stereocenters. The molecule has 0 amide bonds. The van der Waals surface area contributed by atoms with E-state index in [1.807, 2.05) is 24.3 Å². The van der Waals surface area contributed by atoms with Crippen molar-refractivity contribution in [2.45, 2.75) is 37.8 Å². The third-order valence-electron chi connectivity index (χ3n) is 4.97. The first-order valence-electron chi connectivity index (χ1n) is 8.21. The number of para-hydroxylation sites is 2. The maximum atomic E-state index is 10.4. The van der Waals surface area contributed by atoms with Gasteiger partial charge < -0.3 is 19.2 Å². The van der Waals surface area contributed by atoms with E-state index in [1.165, 1.54) is 6.42 Å². The molecular weight excluding hydrogens is 280 g/mol. The fraction of sp³-hybridized carbons (Fsp3) is 0.588. The van der Waals surface area contributed by atoms with E-state index in [0.29, 0.717) is 19.2 Å². The van der Waals surface area contributed by atoms with Gasteiger partial charge in [0.05, 0.1) is 25.4 Å². The lowest BCUT2D eigenvalue weighted by Crippen LogP contribution is -2.53. The second kappa shape index (κ2) is 5.89. The van der Waals surface area contributed by atoms with Crippen LogP contribution in [-0.2, 0) is 4.74 Å². The van der Waals surface area contributed by atoms with Gasteiger partial charge in [0.2, 0.25) is 0 Å². The number of morpholine rings is 1. The highest BCUT2D eigenvalue weighted by Gasteiger charge is 2.38. The third-order valence-corrected chi connectivity index (χ3v) is 4.97. The van der Waals surface area contributed by atoms with Gasteiger partial charge in [-0.3, -0.25) is 0 Å². The minimum Gasteiger partial charge on any atom is -0.423 e. The number of aliphatic hydroxyl groups excluding tert-OH is 1. The van der Waals surface area contributed by atoms with Crippen molar-refractivity contribution in [1.29, 1.82) is 0 Å². The Morgan fingerprint density at radius 3 is 2.91 bits per heavy atom. The predicted molar refractivity (Wildman–Crippen MR) is 83.9 cm³/mol. The van der Waals surface area contributed by atoms with Crippen LogP contribution in [0.25, 0.3) is 11.1 Å². The monoisotopic (exact) mass is 302 g/mol. The fourth-order valence-corrected chi connectivity index (χ4v) is 3.79. The fourth-order valence-electron chi connectivity index (χ4n) is 3.79. The minimum absolute atomic E-state index is 0.150. The Morgan fingerprint density at radius 1 is 1.18 bits per heavy atom. The Kier molecular flexibility index (Phi) is 3.76. The van der Waals surface area contributed by atoms with E-state index in [2.05, 4.69) is 9.88 Å². The predicted octanol–water partition coefficient (Wildman–Crippen LogP) is 2.58. The molecule has 0 radical (unpaired) electrons. The van der Waals surface area contributed by atoms with Gasteiger partial charge in [-0.15, -0.1) is 0 Å². The van der Waals surface area contributed by atoms with E-state index in [9.17, 15) is 5.11 Å². The van der Waals surface area contributed by atoms with Gasteiger partial charge in [0.1, 0.15) is 5.52 Å². The summed E-state index contributed by atoms with van der Waals surface area (Å²) in [5.41, 5.74) is 1.69. The Hall–Kier alpha value is -1.59. The molecule has 2 aromatic rings. The lowest BCUT2D eigenvalue weighted by atomic mass is 9.81. The van der Waals surface area contributed by atoms with Crippen LogP contribution < -0.4 is 4.90 Å². The van der Waals surface area contributed by atoms with Crippen molar-refractivity contribution in [3.05, 3.63) is 24.3 Å². The van der Waals surface area contributed by atoms with Gasteiger partial charge in [-0.05, 0) is 25.0 Å². The summed E-state index contributed by atoms with van der Waals surface area (Å²) >= 11 is 0. The zero-order valence-electron chi connectivity index (χ0n) is 12.6. The molecule has 1 aliphatic carbocycles. The molecule has 5 heteroatoms. The number of aromatic nitrogens is 1. The molecule has 118 valence electrons. The van der Waals surface area contributed by atoms with Crippen LogP contribution in [0.4, 0.5) is 6.01 Å². The first-order chi connectivity index (χ1) is 10.8. The number of oxazole rings is 1. The van der Waals surface area contributed by atoms with E-state index in [-0.39, 0.29) is 18.1 Å².